The van der Waals surface area contributed by atoms with Crippen LogP contribution < -0.4 is 5.73 Å². The second-order valence-electron chi connectivity index (χ2n) is 7.59. The van der Waals surface area contributed by atoms with Gasteiger partial charge in [-0.2, -0.15) is 13.2 Å². The third kappa shape index (κ3) is 5.53. The molecule has 0 saturated heterocycles. The monoisotopic (exact) mass is 446 g/mol. The molecular formula is C23H25F3N4O2. The molecule has 0 aliphatic carbocycles. The van der Waals surface area contributed by atoms with Gasteiger partial charge >= 0.3 is 6.18 Å². The van der Waals surface area contributed by atoms with Crippen LogP contribution in [0.1, 0.15) is 41.0 Å². The van der Waals surface area contributed by atoms with E-state index < -0.39 is 11.7 Å². The zero-order chi connectivity index (χ0) is 23.5. The number of hydrogen-bond acceptors (Lipinski definition) is 5. The summed E-state index contributed by atoms with van der Waals surface area (Å²) in [6, 6.07) is 9.22. The number of rotatable bonds is 7. The number of benzene rings is 1. The van der Waals surface area contributed by atoms with Gasteiger partial charge in [0.25, 0.3) is 5.91 Å². The van der Waals surface area contributed by atoms with E-state index in [0.29, 0.717) is 29.2 Å². The highest BCUT2D eigenvalue weighted by Crippen LogP contribution is 2.28. The van der Waals surface area contributed by atoms with Crippen LogP contribution in [0.15, 0.2) is 42.6 Å². The fourth-order valence-corrected chi connectivity index (χ4v) is 3.36. The van der Waals surface area contributed by atoms with Crippen LogP contribution in [0.3, 0.4) is 0 Å². The molecule has 2 aromatic heterocycles. The van der Waals surface area contributed by atoms with Gasteiger partial charge in [-0.3, -0.25) is 9.78 Å². The lowest BCUT2D eigenvalue weighted by molar-refractivity contribution is -0.137. The minimum atomic E-state index is -4.47. The normalized spacial score (nSPS) is 12.7. The molecule has 0 aliphatic rings. The first-order chi connectivity index (χ1) is 15.1. The van der Waals surface area contributed by atoms with Gasteiger partial charge in [0.15, 0.2) is 0 Å². The van der Waals surface area contributed by atoms with E-state index in [2.05, 4.69) is 9.97 Å². The van der Waals surface area contributed by atoms with Crippen molar-refractivity contribution in [3.8, 4) is 0 Å². The molecule has 1 amide bonds. The number of nitrogens with zero attached hydrogens (tertiary/aromatic N) is 3. The number of carbonyl (C=O) groups is 1. The Balaban J connectivity index is 1.89. The van der Waals surface area contributed by atoms with Crippen LogP contribution in [0, 0.1) is 6.92 Å². The van der Waals surface area contributed by atoms with Crippen molar-refractivity contribution in [3.63, 3.8) is 0 Å². The first-order valence-electron chi connectivity index (χ1n) is 10.2. The fourth-order valence-electron chi connectivity index (χ4n) is 3.36. The predicted octanol–water partition coefficient (Wildman–Crippen LogP) is 4.61. The topological polar surface area (TPSA) is 81.3 Å². The highest BCUT2D eigenvalue weighted by atomic mass is 19.4. The van der Waals surface area contributed by atoms with E-state index in [1.165, 1.54) is 11.0 Å². The summed E-state index contributed by atoms with van der Waals surface area (Å²) in [7, 11) is 0. The third-order valence-corrected chi connectivity index (χ3v) is 5.01. The first kappa shape index (κ1) is 23.5. The number of anilines is 1. The average Bonchev–Trinajstić information content (AvgIpc) is 2.73. The molecule has 2 heterocycles. The van der Waals surface area contributed by atoms with Crippen LogP contribution in [0.25, 0.3) is 10.9 Å². The smallest absolute Gasteiger partial charge is 0.383 e. The Labute approximate surface area is 184 Å². The molecule has 0 fully saturated rings. The van der Waals surface area contributed by atoms with Crippen molar-refractivity contribution in [2.75, 3.05) is 18.9 Å². The van der Waals surface area contributed by atoms with Crippen molar-refractivity contribution < 1.29 is 22.7 Å². The van der Waals surface area contributed by atoms with E-state index >= 15 is 0 Å². The van der Waals surface area contributed by atoms with E-state index in [1.54, 1.807) is 18.2 Å². The van der Waals surface area contributed by atoms with Gasteiger partial charge in [0.1, 0.15) is 5.82 Å². The summed E-state index contributed by atoms with van der Waals surface area (Å²) in [4.78, 5) is 23.1. The molecule has 0 radical (unpaired) electrons. The lowest BCUT2D eigenvalue weighted by Gasteiger charge is -2.26. The molecule has 0 unspecified atom stereocenters. The molecule has 1 atom stereocenters. The minimum Gasteiger partial charge on any atom is -0.383 e. The zero-order valence-electron chi connectivity index (χ0n) is 18.1. The van der Waals surface area contributed by atoms with Crippen molar-refractivity contribution in [1.29, 1.82) is 0 Å². The number of aromatic nitrogens is 2. The number of pyridine rings is 2. The molecule has 0 spiro atoms. The summed E-state index contributed by atoms with van der Waals surface area (Å²) in [5, 5.41) is 0.771. The summed E-state index contributed by atoms with van der Waals surface area (Å²) >= 11 is 0. The Kier molecular flexibility index (Phi) is 6.98. The molecule has 9 heteroatoms. The maximum atomic E-state index is 13.3. The molecule has 3 aromatic rings. The van der Waals surface area contributed by atoms with Crippen molar-refractivity contribution in [2.45, 2.75) is 39.6 Å². The number of alkyl halides is 3. The Bertz CT molecular complexity index is 1100. The van der Waals surface area contributed by atoms with Gasteiger partial charge in [-0.15, -0.1) is 0 Å². The van der Waals surface area contributed by atoms with Gasteiger partial charge in [0.2, 0.25) is 0 Å². The SMILES string of the molecule is CCO[C@H](C)CN(Cc1ccc(C(F)(F)F)cn1)C(=O)c1ccc2nc(N)c(C)cc2c1. The fraction of sp³-hybridized carbons (Fsp3) is 0.348. The zero-order valence-corrected chi connectivity index (χ0v) is 18.1. The van der Waals surface area contributed by atoms with E-state index in [9.17, 15) is 18.0 Å². The number of aryl methyl sites for hydroxylation is 1. The summed E-state index contributed by atoms with van der Waals surface area (Å²) in [6.07, 6.45) is -3.95. The lowest BCUT2D eigenvalue weighted by atomic mass is 10.1. The second kappa shape index (κ2) is 9.52. The van der Waals surface area contributed by atoms with Crippen LogP contribution >= 0.6 is 0 Å². The number of hydrogen-bond donors (Lipinski definition) is 1. The quantitative estimate of drug-likeness (QED) is 0.573. The van der Waals surface area contributed by atoms with Crippen LogP contribution in [0.2, 0.25) is 0 Å². The van der Waals surface area contributed by atoms with Crippen LogP contribution in [-0.4, -0.2) is 40.0 Å². The Morgan fingerprint density at radius 3 is 2.59 bits per heavy atom. The Morgan fingerprint density at radius 1 is 1.22 bits per heavy atom. The molecule has 0 aliphatic heterocycles. The van der Waals surface area contributed by atoms with Gasteiger partial charge < -0.3 is 15.4 Å². The Hall–Kier alpha value is -3.20. The molecule has 170 valence electrons. The van der Waals surface area contributed by atoms with Crippen LogP contribution in [0.4, 0.5) is 19.0 Å². The van der Waals surface area contributed by atoms with Crippen LogP contribution in [0.5, 0.6) is 0 Å². The number of halogens is 3. The van der Waals surface area contributed by atoms with Crippen molar-refractivity contribution in [1.82, 2.24) is 14.9 Å². The van der Waals surface area contributed by atoms with Crippen molar-refractivity contribution >= 4 is 22.6 Å². The highest BCUT2D eigenvalue weighted by Gasteiger charge is 2.31. The van der Waals surface area contributed by atoms with E-state index in [4.69, 9.17) is 10.5 Å². The van der Waals surface area contributed by atoms with Crippen molar-refractivity contribution in [3.05, 3.63) is 65.0 Å². The first-order valence-corrected chi connectivity index (χ1v) is 10.2. The number of ether oxygens (including phenoxy) is 1. The summed E-state index contributed by atoms with van der Waals surface area (Å²) in [6.45, 7) is 6.30. The summed E-state index contributed by atoms with van der Waals surface area (Å²) in [5.41, 5.74) is 7.28. The molecular weight excluding hydrogens is 421 g/mol. The number of amides is 1. The maximum Gasteiger partial charge on any atom is 0.417 e. The maximum absolute atomic E-state index is 13.3. The van der Waals surface area contributed by atoms with E-state index in [-0.39, 0.29) is 25.1 Å². The molecule has 2 N–H and O–H groups in total. The van der Waals surface area contributed by atoms with E-state index in [1.807, 2.05) is 26.8 Å². The van der Waals surface area contributed by atoms with Crippen molar-refractivity contribution in [2.24, 2.45) is 0 Å². The molecule has 0 saturated carbocycles. The minimum absolute atomic E-state index is 0.0471. The molecule has 32 heavy (non-hydrogen) atoms. The largest absolute Gasteiger partial charge is 0.417 e. The van der Waals surface area contributed by atoms with Gasteiger partial charge in [-0.1, -0.05) is 0 Å². The van der Waals surface area contributed by atoms with E-state index in [0.717, 1.165) is 23.2 Å². The number of nitrogens with two attached hydrogens (primary N) is 1. The lowest BCUT2D eigenvalue weighted by Crippen LogP contribution is -2.37. The van der Waals surface area contributed by atoms with Gasteiger partial charge in [0, 0.05) is 30.3 Å². The van der Waals surface area contributed by atoms with Gasteiger partial charge in [-0.05, 0) is 62.7 Å². The molecule has 6 nitrogen and oxygen atoms in total. The second-order valence-corrected chi connectivity index (χ2v) is 7.59. The standard InChI is InChI=1S/C23H25F3N4O2/c1-4-32-15(3)12-30(13-19-7-6-18(11-28-19)23(24,25)26)22(31)16-5-8-20-17(10-16)9-14(2)21(27)29-20/h5-11,15H,4,12-13H2,1-3H3,(H2,27,29)/t15-/m1/s1. The summed E-state index contributed by atoms with van der Waals surface area (Å²) in [5.74, 6) is 0.145. The number of carbonyl (C=O) groups excluding carboxylic acids is 1. The molecule has 3 rings (SSSR count). The molecule has 1 aromatic carbocycles. The average molecular weight is 446 g/mol. The number of nitrogen functional groups attached to an aromatic ring is 1. The molecule has 0 bridgehead atoms. The van der Waals surface area contributed by atoms with Gasteiger partial charge in [0.05, 0.1) is 29.4 Å². The predicted molar refractivity (Wildman–Crippen MR) is 116 cm³/mol. The summed E-state index contributed by atoms with van der Waals surface area (Å²) < 4.78 is 44.1. The number of fused-ring (bicyclic) bond motifs is 1. The highest BCUT2D eigenvalue weighted by molar-refractivity contribution is 5.98. The van der Waals surface area contributed by atoms with Crippen LogP contribution in [-0.2, 0) is 17.5 Å². The van der Waals surface area contributed by atoms with Gasteiger partial charge in [-0.25, -0.2) is 4.98 Å². The Morgan fingerprint density at radius 2 is 1.97 bits per heavy atom. The third-order valence-electron chi connectivity index (χ3n) is 5.01.